The Bertz CT molecular complexity index is 530. The fraction of sp³-hybridized carbons (Fsp3) is 0.250. The van der Waals surface area contributed by atoms with Crippen LogP contribution < -0.4 is 0 Å². The summed E-state index contributed by atoms with van der Waals surface area (Å²) >= 11 is 1.54. The molecule has 0 aliphatic carbocycles. The van der Waals surface area contributed by atoms with Crippen molar-refractivity contribution in [1.29, 1.82) is 5.26 Å². The van der Waals surface area contributed by atoms with E-state index in [4.69, 9.17) is 10.00 Å². The number of pyridine rings is 1. The first-order valence-corrected chi connectivity index (χ1v) is 5.91. The average Bonchev–Trinajstić information content (AvgIpc) is 2.75. The number of ether oxygens (including phenoxy) is 1. The lowest BCUT2D eigenvalue weighted by Gasteiger charge is -1.95. The van der Waals surface area contributed by atoms with E-state index in [1.807, 2.05) is 12.1 Å². The lowest BCUT2D eigenvalue weighted by molar-refractivity contribution is 0.181. The lowest BCUT2D eigenvalue weighted by Crippen LogP contribution is -1.92. The highest BCUT2D eigenvalue weighted by molar-refractivity contribution is 7.15. The molecule has 0 radical (unpaired) electrons. The van der Waals surface area contributed by atoms with Crippen LogP contribution in [0.2, 0.25) is 0 Å². The molecule has 5 heteroatoms. The zero-order valence-corrected chi connectivity index (χ0v) is 10.2. The Hall–Kier alpha value is -1.77. The summed E-state index contributed by atoms with van der Waals surface area (Å²) in [6, 6.07) is 5.97. The molecule has 0 bridgehead atoms. The number of methoxy groups -OCH3 is 1. The molecule has 0 N–H and O–H groups in total. The summed E-state index contributed by atoms with van der Waals surface area (Å²) in [7, 11) is 1.63. The Morgan fingerprint density at radius 2 is 2.18 bits per heavy atom. The molecular formula is C12H11N3OS. The number of aromatic nitrogens is 2. The van der Waals surface area contributed by atoms with Gasteiger partial charge in [-0.1, -0.05) is 0 Å². The van der Waals surface area contributed by atoms with Gasteiger partial charge in [-0.2, -0.15) is 5.26 Å². The van der Waals surface area contributed by atoms with Gasteiger partial charge in [-0.25, -0.2) is 4.98 Å². The highest BCUT2D eigenvalue weighted by Crippen LogP contribution is 2.28. The van der Waals surface area contributed by atoms with E-state index >= 15 is 0 Å². The molecule has 0 spiro atoms. The van der Waals surface area contributed by atoms with E-state index in [0.717, 1.165) is 21.1 Å². The van der Waals surface area contributed by atoms with E-state index in [9.17, 15) is 0 Å². The molecule has 0 saturated heterocycles. The molecule has 0 atom stereocenters. The van der Waals surface area contributed by atoms with Crippen LogP contribution in [0.5, 0.6) is 0 Å². The molecule has 0 aromatic carbocycles. The van der Waals surface area contributed by atoms with E-state index in [-0.39, 0.29) is 0 Å². The van der Waals surface area contributed by atoms with Crippen LogP contribution in [0.15, 0.2) is 24.5 Å². The van der Waals surface area contributed by atoms with Gasteiger partial charge >= 0.3 is 0 Å². The lowest BCUT2D eigenvalue weighted by atomic mass is 10.3. The zero-order valence-electron chi connectivity index (χ0n) is 9.38. The Balaban J connectivity index is 2.37. The predicted octanol–water partition coefficient (Wildman–Crippen LogP) is 2.42. The van der Waals surface area contributed by atoms with Gasteiger partial charge in [0.1, 0.15) is 5.01 Å². The van der Waals surface area contributed by atoms with Crippen molar-refractivity contribution in [3.8, 4) is 16.6 Å². The van der Waals surface area contributed by atoms with Crippen molar-refractivity contribution in [2.24, 2.45) is 0 Å². The summed E-state index contributed by atoms with van der Waals surface area (Å²) in [6.07, 6.45) is 3.84. The molecule has 4 nitrogen and oxygen atoms in total. The van der Waals surface area contributed by atoms with E-state index < -0.39 is 0 Å². The average molecular weight is 245 g/mol. The summed E-state index contributed by atoms with van der Waals surface area (Å²) in [5.74, 6) is 0. The monoisotopic (exact) mass is 245 g/mol. The number of hydrogen-bond donors (Lipinski definition) is 0. The summed E-state index contributed by atoms with van der Waals surface area (Å²) in [5.41, 5.74) is 1.87. The van der Waals surface area contributed by atoms with Gasteiger partial charge < -0.3 is 4.74 Å². The maximum absolute atomic E-state index is 8.77. The summed E-state index contributed by atoms with van der Waals surface area (Å²) in [4.78, 5) is 9.45. The van der Waals surface area contributed by atoms with Crippen molar-refractivity contribution in [1.82, 2.24) is 9.97 Å². The first kappa shape index (κ1) is 11.7. The van der Waals surface area contributed by atoms with Crippen LogP contribution in [0.25, 0.3) is 10.6 Å². The highest BCUT2D eigenvalue weighted by Gasteiger charge is 2.11. The first-order valence-electron chi connectivity index (χ1n) is 5.10. The smallest absolute Gasteiger partial charge is 0.124 e. The second kappa shape index (κ2) is 5.53. The topological polar surface area (TPSA) is 58.8 Å². The van der Waals surface area contributed by atoms with Crippen LogP contribution in [0.4, 0.5) is 0 Å². The number of nitriles is 1. The summed E-state index contributed by atoms with van der Waals surface area (Å²) < 4.78 is 5.09. The van der Waals surface area contributed by atoms with E-state index in [0.29, 0.717) is 13.0 Å². The van der Waals surface area contributed by atoms with Crippen molar-refractivity contribution < 1.29 is 4.74 Å². The molecule has 2 heterocycles. The summed E-state index contributed by atoms with van der Waals surface area (Å²) in [5, 5.41) is 9.68. The fourth-order valence-corrected chi connectivity index (χ4v) is 2.46. The Kier molecular flexibility index (Phi) is 3.81. The molecule has 0 saturated carbocycles. The van der Waals surface area contributed by atoms with Crippen LogP contribution in [0.3, 0.4) is 0 Å². The third-order valence-electron chi connectivity index (χ3n) is 2.23. The van der Waals surface area contributed by atoms with Crippen molar-refractivity contribution in [3.63, 3.8) is 0 Å². The van der Waals surface area contributed by atoms with Gasteiger partial charge in [0.05, 0.1) is 24.8 Å². The van der Waals surface area contributed by atoms with Crippen molar-refractivity contribution in [3.05, 3.63) is 35.1 Å². The van der Waals surface area contributed by atoms with Crippen LogP contribution in [0, 0.1) is 11.3 Å². The number of rotatable bonds is 4. The van der Waals surface area contributed by atoms with Gasteiger partial charge in [-0.3, -0.25) is 4.98 Å². The zero-order chi connectivity index (χ0) is 12.1. The maximum atomic E-state index is 8.77. The Morgan fingerprint density at radius 1 is 1.41 bits per heavy atom. The second-order valence-corrected chi connectivity index (χ2v) is 4.48. The number of nitrogens with zero attached hydrogens (tertiary/aromatic N) is 3. The number of thiazole rings is 1. The molecule has 0 unspecified atom stereocenters. The Morgan fingerprint density at radius 3 is 2.82 bits per heavy atom. The van der Waals surface area contributed by atoms with Crippen molar-refractivity contribution >= 4 is 11.3 Å². The van der Waals surface area contributed by atoms with Crippen molar-refractivity contribution in [2.75, 3.05) is 7.11 Å². The van der Waals surface area contributed by atoms with Gasteiger partial charge in [0.2, 0.25) is 0 Å². The molecule has 0 amide bonds. The molecule has 2 aromatic rings. The third-order valence-corrected chi connectivity index (χ3v) is 3.37. The molecule has 2 rings (SSSR count). The molecular weight excluding hydrogens is 234 g/mol. The standard InChI is InChI=1S/C12H11N3OS/c1-16-8-10-11(2-5-13)17-12(15-10)9-3-6-14-7-4-9/h3-4,6-7H,2,8H2,1H3. The van der Waals surface area contributed by atoms with Gasteiger partial charge in [0.15, 0.2) is 0 Å². The fourth-order valence-electron chi connectivity index (χ4n) is 1.46. The van der Waals surface area contributed by atoms with Gasteiger partial charge in [-0.15, -0.1) is 11.3 Å². The molecule has 2 aromatic heterocycles. The van der Waals surface area contributed by atoms with Gasteiger partial charge in [0.25, 0.3) is 0 Å². The van der Waals surface area contributed by atoms with Gasteiger partial charge in [-0.05, 0) is 12.1 Å². The summed E-state index contributed by atoms with van der Waals surface area (Å²) in [6.45, 7) is 0.443. The first-order chi connectivity index (χ1) is 8.35. The molecule has 0 fully saturated rings. The highest BCUT2D eigenvalue weighted by atomic mass is 32.1. The maximum Gasteiger partial charge on any atom is 0.124 e. The van der Waals surface area contributed by atoms with Crippen molar-refractivity contribution in [2.45, 2.75) is 13.0 Å². The molecule has 17 heavy (non-hydrogen) atoms. The minimum Gasteiger partial charge on any atom is -0.378 e. The Labute approximate surface area is 104 Å². The minimum absolute atomic E-state index is 0.376. The van der Waals surface area contributed by atoms with E-state index in [1.54, 1.807) is 19.5 Å². The van der Waals surface area contributed by atoms with Crippen LogP contribution >= 0.6 is 11.3 Å². The molecule has 0 aliphatic heterocycles. The van der Waals surface area contributed by atoms with Crippen LogP contribution in [0.1, 0.15) is 10.6 Å². The minimum atomic E-state index is 0.376. The SMILES string of the molecule is COCc1nc(-c2ccncc2)sc1CC#N. The van der Waals surface area contributed by atoms with E-state index in [1.165, 1.54) is 11.3 Å². The van der Waals surface area contributed by atoms with Crippen LogP contribution in [-0.2, 0) is 17.8 Å². The molecule has 0 aliphatic rings. The number of hydrogen-bond acceptors (Lipinski definition) is 5. The second-order valence-electron chi connectivity index (χ2n) is 3.39. The van der Waals surface area contributed by atoms with E-state index in [2.05, 4.69) is 16.0 Å². The largest absolute Gasteiger partial charge is 0.378 e. The predicted molar refractivity (Wildman–Crippen MR) is 65.4 cm³/mol. The molecule has 86 valence electrons. The third kappa shape index (κ3) is 2.67. The normalized spacial score (nSPS) is 10.1. The van der Waals surface area contributed by atoms with Crippen LogP contribution in [-0.4, -0.2) is 17.1 Å². The van der Waals surface area contributed by atoms with Gasteiger partial charge in [0, 0.05) is 29.9 Å². The quantitative estimate of drug-likeness (QED) is 0.830.